The lowest BCUT2D eigenvalue weighted by atomic mass is 10.2. The van der Waals surface area contributed by atoms with E-state index >= 15 is 0 Å². The quantitative estimate of drug-likeness (QED) is 0.738. The van der Waals surface area contributed by atoms with Crippen molar-refractivity contribution in [1.82, 2.24) is 19.6 Å². The minimum Gasteiger partial charge on any atom is -0.335 e. The highest BCUT2D eigenvalue weighted by Gasteiger charge is 2.40. The van der Waals surface area contributed by atoms with Crippen molar-refractivity contribution in [3.05, 3.63) is 52.1 Å². The average molecular weight is 405 g/mol. The van der Waals surface area contributed by atoms with Gasteiger partial charge in [0.2, 0.25) is 0 Å². The number of carbonyl (C=O) groups is 1. The van der Waals surface area contributed by atoms with Crippen LogP contribution in [0.4, 0.5) is 17.6 Å². The molecular weight excluding hydrogens is 388 g/mol. The van der Waals surface area contributed by atoms with Gasteiger partial charge < -0.3 is 4.90 Å². The van der Waals surface area contributed by atoms with Gasteiger partial charge in [-0.2, -0.15) is 18.3 Å². The second-order valence-corrected chi connectivity index (χ2v) is 6.71. The number of alkyl halides is 3. The van der Waals surface area contributed by atoms with E-state index < -0.39 is 22.8 Å². The zero-order valence-corrected chi connectivity index (χ0v) is 15.2. The summed E-state index contributed by atoms with van der Waals surface area (Å²) in [5, 5.41) is 2.66. The van der Waals surface area contributed by atoms with Gasteiger partial charge in [0.25, 0.3) is 5.91 Å². The zero-order chi connectivity index (χ0) is 19.8. The first-order chi connectivity index (χ1) is 12.7. The molecule has 2 heterocycles. The summed E-state index contributed by atoms with van der Waals surface area (Å²) in [6, 6.07) is 6.26. The molecule has 1 fully saturated rings. The van der Waals surface area contributed by atoms with Crippen LogP contribution in [-0.2, 0) is 19.8 Å². The smallest absolute Gasteiger partial charge is 0.335 e. The third-order valence-electron chi connectivity index (χ3n) is 4.42. The van der Waals surface area contributed by atoms with E-state index in [2.05, 4.69) is 5.10 Å². The summed E-state index contributed by atoms with van der Waals surface area (Å²) in [7, 11) is 1.26. The Bertz CT molecular complexity index is 844. The van der Waals surface area contributed by atoms with Crippen molar-refractivity contribution in [3.8, 4) is 0 Å². The van der Waals surface area contributed by atoms with Gasteiger partial charge in [-0.1, -0.05) is 23.7 Å². The second kappa shape index (κ2) is 7.47. The Kier molecular flexibility index (Phi) is 5.43. The Morgan fingerprint density at radius 1 is 1.22 bits per heavy atom. The number of halogens is 5. The second-order valence-electron chi connectivity index (χ2n) is 6.33. The molecule has 1 saturated heterocycles. The van der Waals surface area contributed by atoms with Crippen LogP contribution in [-0.4, -0.2) is 51.7 Å². The number of carbonyl (C=O) groups excluding carboxylic acids is 1. The Hall–Kier alpha value is -2.13. The van der Waals surface area contributed by atoms with Crippen molar-refractivity contribution >= 4 is 17.5 Å². The van der Waals surface area contributed by atoms with Crippen LogP contribution in [0.2, 0.25) is 5.02 Å². The Morgan fingerprint density at radius 2 is 1.89 bits per heavy atom. The molecule has 0 bridgehead atoms. The summed E-state index contributed by atoms with van der Waals surface area (Å²) >= 11 is 5.78. The minimum absolute atomic E-state index is 0.275. The SMILES string of the molecule is Cn1nc(C(F)(F)F)c(Cl)c1C(=O)N1CCN(Cc2cccc(F)c2)CC1. The number of piperazine rings is 1. The number of rotatable bonds is 3. The van der Waals surface area contributed by atoms with Gasteiger partial charge in [0.05, 0.1) is 0 Å². The van der Waals surface area contributed by atoms with E-state index in [0.29, 0.717) is 32.7 Å². The van der Waals surface area contributed by atoms with Crippen molar-refractivity contribution in [2.45, 2.75) is 12.7 Å². The van der Waals surface area contributed by atoms with Gasteiger partial charge in [-0.3, -0.25) is 14.4 Å². The van der Waals surface area contributed by atoms with Crippen LogP contribution >= 0.6 is 11.6 Å². The normalized spacial score (nSPS) is 16.0. The first kappa shape index (κ1) is 19.6. The van der Waals surface area contributed by atoms with E-state index in [1.54, 1.807) is 6.07 Å². The maximum Gasteiger partial charge on any atom is 0.436 e. The number of hydrogen-bond acceptors (Lipinski definition) is 3. The molecule has 146 valence electrons. The lowest BCUT2D eigenvalue weighted by Crippen LogP contribution is -2.48. The lowest BCUT2D eigenvalue weighted by molar-refractivity contribution is -0.141. The molecule has 27 heavy (non-hydrogen) atoms. The van der Waals surface area contributed by atoms with Crippen LogP contribution in [0.5, 0.6) is 0 Å². The van der Waals surface area contributed by atoms with Crippen molar-refractivity contribution < 1.29 is 22.4 Å². The van der Waals surface area contributed by atoms with E-state index in [4.69, 9.17) is 11.6 Å². The van der Waals surface area contributed by atoms with Gasteiger partial charge in [0, 0.05) is 39.8 Å². The number of nitrogens with zero attached hydrogens (tertiary/aromatic N) is 4. The zero-order valence-electron chi connectivity index (χ0n) is 14.4. The van der Waals surface area contributed by atoms with Crippen LogP contribution in [0.1, 0.15) is 21.7 Å². The van der Waals surface area contributed by atoms with Crippen LogP contribution in [0.15, 0.2) is 24.3 Å². The van der Waals surface area contributed by atoms with E-state index in [-0.39, 0.29) is 11.5 Å². The molecule has 10 heteroatoms. The monoisotopic (exact) mass is 404 g/mol. The molecule has 0 radical (unpaired) electrons. The van der Waals surface area contributed by atoms with Crippen LogP contribution in [0, 0.1) is 5.82 Å². The molecule has 2 aromatic rings. The first-order valence-electron chi connectivity index (χ1n) is 8.22. The maximum absolute atomic E-state index is 13.3. The number of hydrogen-bond donors (Lipinski definition) is 0. The first-order valence-corrected chi connectivity index (χ1v) is 8.60. The summed E-state index contributed by atoms with van der Waals surface area (Å²) in [6.45, 7) is 2.23. The fraction of sp³-hybridized carbons (Fsp3) is 0.412. The molecule has 5 nitrogen and oxygen atoms in total. The molecule has 0 atom stereocenters. The van der Waals surface area contributed by atoms with Crippen molar-refractivity contribution in [2.24, 2.45) is 7.05 Å². The summed E-state index contributed by atoms with van der Waals surface area (Å²) in [4.78, 5) is 16.1. The average Bonchev–Trinajstić information content (AvgIpc) is 2.90. The highest BCUT2D eigenvalue weighted by atomic mass is 35.5. The van der Waals surface area contributed by atoms with Gasteiger partial charge >= 0.3 is 6.18 Å². The molecule has 1 amide bonds. The largest absolute Gasteiger partial charge is 0.436 e. The van der Waals surface area contributed by atoms with E-state index in [1.807, 2.05) is 11.0 Å². The summed E-state index contributed by atoms with van der Waals surface area (Å²) in [5.41, 5.74) is -0.721. The molecule has 0 spiro atoms. The van der Waals surface area contributed by atoms with Gasteiger partial charge in [0.15, 0.2) is 5.69 Å². The third kappa shape index (κ3) is 4.24. The number of amides is 1. The van der Waals surface area contributed by atoms with Crippen molar-refractivity contribution in [2.75, 3.05) is 26.2 Å². The van der Waals surface area contributed by atoms with Crippen LogP contribution in [0.3, 0.4) is 0 Å². The molecule has 0 aliphatic carbocycles. The van der Waals surface area contributed by atoms with Gasteiger partial charge in [0.1, 0.15) is 16.5 Å². The van der Waals surface area contributed by atoms with Crippen LogP contribution in [0.25, 0.3) is 0 Å². The molecule has 1 aliphatic rings. The molecule has 0 N–H and O–H groups in total. The number of aromatic nitrogens is 2. The minimum atomic E-state index is -4.73. The van der Waals surface area contributed by atoms with E-state index in [1.165, 1.54) is 24.1 Å². The lowest BCUT2D eigenvalue weighted by Gasteiger charge is -2.34. The van der Waals surface area contributed by atoms with Crippen LogP contribution < -0.4 is 0 Å². The summed E-state index contributed by atoms with van der Waals surface area (Å²) < 4.78 is 52.9. The highest BCUT2D eigenvalue weighted by Crippen LogP contribution is 2.35. The predicted octanol–water partition coefficient (Wildman–Crippen LogP) is 3.19. The summed E-state index contributed by atoms with van der Waals surface area (Å²) in [5.74, 6) is -0.900. The summed E-state index contributed by atoms with van der Waals surface area (Å²) in [6.07, 6.45) is -4.73. The number of aryl methyl sites for hydroxylation is 1. The van der Waals surface area contributed by atoms with Gasteiger partial charge in [-0.05, 0) is 17.7 Å². The van der Waals surface area contributed by atoms with E-state index in [9.17, 15) is 22.4 Å². The maximum atomic E-state index is 13.3. The molecule has 0 saturated carbocycles. The topological polar surface area (TPSA) is 41.4 Å². The molecule has 1 aliphatic heterocycles. The Morgan fingerprint density at radius 3 is 2.44 bits per heavy atom. The Labute approximate surface area is 158 Å². The van der Waals surface area contributed by atoms with E-state index in [0.717, 1.165) is 10.2 Å². The fourth-order valence-corrected chi connectivity index (χ4v) is 3.41. The predicted molar refractivity (Wildman–Crippen MR) is 90.8 cm³/mol. The molecule has 3 rings (SSSR count). The number of benzene rings is 1. The van der Waals surface area contributed by atoms with Crippen molar-refractivity contribution in [1.29, 1.82) is 0 Å². The standard InChI is InChI=1S/C17H17ClF4N4O/c1-24-14(13(18)15(23-24)17(20,21)22)16(27)26-7-5-25(6-8-26)10-11-3-2-4-12(19)9-11/h2-4,9H,5-8,10H2,1H3. The van der Waals surface area contributed by atoms with Crippen molar-refractivity contribution in [3.63, 3.8) is 0 Å². The molecule has 1 aromatic heterocycles. The van der Waals surface area contributed by atoms with Gasteiger partial charge in [-0.25, -0.2) is 4.39 Å². The molecule has 1 aromatic carbocycles. The highest BCUT2D eigenvalue weighted by molar-refractivity contribution is 6.34. The third-order valence-corrected chi connectivity index (χ3v) is 4.77. The Balaban J connectivity index is 1.66. The molecular formula is C17H17ClF4N4O. The van der Waals surface area contributed by atoms with Gasteiger partial charge in [-0.15, -0.1) is 0 Å². The molecule has 0 unspecified atom stereocenters. The fourth-order valence-electron chi connectivity index (χ4n) is 3.06.